The molecular weight excluding hydrogens is 132 g/mol. The molecule has 0 aliphatic rings. The van der Waals surface area contributed by atoms with E-state index in [0.717, 1.165) is 0 Å². The second-order valence-electron chi connectivity index (χ2n) is 1.92. The van der Waals surface area contributed by atoms with E-state index in [1.807, 2.05) is 0 Å². The monoisotopic (exact) mass is 142 g/mol. The minimum atomic E-state index is -1.10. The fourth-order valence-corrected chi connectivity index (χ4v) is 0.307. The first-order chi connectivity index (χ1) is 4.57. The smallest absolute Gasteiger partial charge is 0.335 e. The number of ether oxygens (including phenoxy) is 1. The summed E-state index contributed by atoms with van der Waals surface area (Å²) >= 11 is 0. The summed E-state index contributed by atoms with van der Waals surface area (Å²) in [5.74, 6) is 1.51. The van der Waals surface area contributed by atoms with Crippen molar-refractivity contribution in [1.29, 1.82) is 0 Å². The lowest BCUT2D eigenvalue weighted by molar-refractivity contribution is -0.154. The molecule has 0 aromatic heterocycles. The van der Waals surface area contributed by atoms with Crippen LogP contribution in [0.4, 0.5) is 0 Å². The molecule has 0 radical (unpaired) electrons. The van der Waals surface area contributed by atoms with E-state index in [1.54, 1.807) is 6.92 Å². The molecule has 0 bridgehead atoms. The highest BCUT2D eigenvalue weighted by Gasteiger charge is 2.11. The van der Waals surface area contributed by atoms with Crippen molar-refractivity contribution >= 4 is 5.97 Å². The first kappa shape index (κ1) is 8.99. The second kappa shape index (κ2) is 3.91. The van der Waals surface area contributed by atoms with Gasteiger partial charge in [0.1, 0.15) is 6.10 Å². The third-order valence-corrected chi connectivity index (χ3v) is 0.869. The summed E-state index contributed by atoms with van der Waals surface area (Å²) < 4.78 is 4.54. The molecule has 0 aromatic rings. The number of hydrogen-bond acceptors (Lipinski definition) is 3. The Balaban J connectivity index is 3.71. The van der Waals surface area contributed by atoms with Crippen molar-refractivity contribution in [1.82, 2.24) is 0 Å². The molecule has 0 amide bonds. The van der Waals surface area contributed by atoms with Gasteiger partial charge in [-0.25, -0.2) is 4.79 Å². The number of carbonyl (C=O) groups excluding carboxylic acids is 1. The van der Waals surface area contributed by atoms with Crippen LogP contribution in [0.2, 0.25) is 0 Å². The Morgan fingerprint density at radius 2 is 2.20 bits per heavy atom. The lowest BCUT2D eigenvalue weighted by Gasteiger charge is -2.07. The molecule has 10 heavy (non-hydrogen) atoms. The molecule has 2 atom stereocenters. The number of terminal acetylenes is 1. The minimum Gasteiger partial charge on any atom is -0.448 e. The fraction of sp³-hybridized carbons (Fsp3) is 0.571. The highest BCUT2D eigenvalue weighted by molar-refractivity contribution is 5.74. The quantitative estimate of drug-likeness (QED) is 0.433. The fourth-order valence-electron chi connectivity index (χ4n) is 0.307. The third-order valence-electron chi connectivity index (χ3n) is 0.869. The Hall–Kier alpha value is -1.01. The molecule has 0 heterocycles. The molecule has 0 saturated carbocycles. The van der Waals surface area contributed by atoms with Gasteiger partial charge in [-0.15, -0.1) is 6.42 Å². The predicted molar refractivity (Wildman–Crippen MR) is 36.1 cm³/mol. The van der Waals surface area contributed by atoms with Gasteiger partial charge in [0.15, 0.2) is 6.10 Å². The Bertz CT molecular complexity index is 155. The van der Waals surface area contributed by atoms with Crippen molar-refractivity contribution in [2.45, 2.75) is 26.1 Å². The van der Waals surface area contributed by atoms with Crippen LogP contribution in [-0.2, 0) is 9.53 Å². The summed E-state index contributed by atoms with van der Waals surface area (Å²) in [5, 5.41) is 8.62. The average molecular weight is 142 g/mol. The van der Waals surface area contributed by atoms with Gasteiger partial charge in [-0.05, 0) is 13.8 Å². The van der Waals surface area contributed by atoms with Crippen LogP contribution in [0.3, 0.4) is 0 Å². The molecule has 0 spiro atoms. The summed E-state index contributed by atoms with van der Waals surface area (Å²) in [4.78, 5) is 10.5. The van der Waals surface area contributed by atoms with Crippen LogP contribution >= 0.6 is 0 Å². The van der Waals surface area contributed by atoms with Crippen LogP contribution in [0.25, 0.3) is 0 Å². The Morgan fingerprint density at radius 1 is 1.70 bits per heavy atom. The van der Waals surface area contributed by atoms with Crippen molar-refractivity contribution in [3.8, 4) is 12.3 Å². The van der Waals surface area contributed by atoms with E-state index in [0.29, 0.717) is 0 Å². The minimum absolute atomic E-state index is 0.568. The average Bonchev–Trinajstić information content (AvgIpc) is 1.87. The summed E-state index contributed by atoms with van der Waals surface area (Å²) in [6, 6.07) is 0. The number of aliphatic hydroxyl groups is 1. The van der Waals surface area contributed by atoms with Crippen LogP contribution in [0.1, 0.15) is 13.8 Å². The number of esters is 1. The summed E-state index contributed by atoms with van der Waals surface area (Å²) in [5.41, 5.74) is 0. The Kier molecular flexibility index (Phi) is 3.52. The molecule has 0 aromatic carbocycles. The molecule has 0 aliphatic carbocycles. The molecule has 0 rings (SSSR count). The summed E-state index contributed by atoms with van der Waals surface area (Å²) in [7, 11) is 0. The lowest BCUT2D eigenvalue weighted by atomic mass is 10.4. The normalized spacial score (nSPS) is 15.0. The van der Waals surface area contributed by atoms with Crippen LogP contribution < -0.4 is 0 Å². The highest BCUT2D eigenvalue weighted by Crippen LogP contribution is 1.92. The molecule has 1 N–H and O–H groups in total. The van der Waals surface area contributed by atoms with Crippen LogP contribution in [0.15, 0.2) is 0 Å². The van der Waals surface area contributed by atoms with E-state index in [1.165, 1.54) is 6.92 Å². The molecule has 0 fully saturated rings. The number of rotatable bonds is 2. The zero-order valence-electron chi connectivity index (χ0n) is 6.00. The highest BCUT2D eigenvalue weighted by atomic mass is 16.6. The Morgan fingerprint density at radius 3 is 2.50 bits per heavy atom. The van der Waals surface area contributed by atoms with Gasteiger partial charge in [0, 0.05) is 0 Å². The zero-order chi connectivity index (χ0) is 8.15. The lowest BCUT2D eigenvalue weighted by Crippen LogP contribution is -2.23. The van der Waals surface area contributed by atoms with Crippen molar-refractivity contribution in [3.05, 3.63) is 0 Å². The maximum Gasteiger partial charge on any atom is 0.335 e. The predicted octanol–water partition coefficient (Wildman–Crippen LogP) is -0.0679. The van der Waals surface area contributed by atoms with Crippen molar-refractivity contribution in [2.24, 2.45) is 0 Å². The topological polar surface area (TPSA) is 46.5 Å². The first-order valence-corrected chi connectivity index (χ1v) is 2.92. The number of hydrogen-bond donors (Lipinski definition) is 1. The van der Waals surface area contributed by atoms with E-state index in [2.05, 4.69) is 10.7 Å². The van der Waals surface area contributed by atoms with Gasteiger partial charge in [-0.3, -0.25) is 0 Å². The molecule has 0 saturated heterocycles. The van der Waals surface area contributed by atoms with E-state index in [9.17, 15) is 4.79 Å². The van der Waals surface area contributed by atoms with Crippen LogP contribution in [0, 0.1) is 12.3 Å². The van der Waals surface area contributed by atoms with Gasteiger partial charge in [0.2, 0.25) is 0 Å². The molecule has 56 valence electrons. The van der Waals surface area contributed by atoms with E-state index in [4.69, 9.17) is 11.5 Å². The van der Waals surface area contributed by atoms with Gasteiger partial charge in [0.25, 0.3) is 0 Å². The molecule has 3 heteroatoms. The summed E-state index contributed by atoms with van der Waals surface area (Å²) in [6.07, 6.45) is 3.24. The van der Waals surface area contributed by atoms with E-state index in [-0.39, 0.29) is 0 Å². The van der Waals surface area contributed by atoms with Gasteiger partial charge >= 0.3 is 5.97 Å². The largest absolute Gasteiger partial charge is 0.448 e. The van der Waals surface area contributed by atoms with Crippen LogP contribution in [0.5, 0.6) is 0 Å². The number of aliphatic hydroxyl groups excluding tert-OH is 1. The molecule has 1 unspecified atom stereocenters. The van der Waals surface area contributed by atoms with Crippen molar-refractivity contribution in [3.63, 3.8) is 0 Å². The maximum atomic E-state index is 10.5. The molecule has 0 aliphatic heterocycles. The Labute approximate surface area is 60.0 Å². The van der Waals surface area contributed by atoms with Crippen molar-refractivity contribution in [2.75, 3.05) is 0 Å². The third kappa shape index (κ3) is 3.10. The van der Waals surface area contributed by atoms with Gasteiger partial charge in [-0.2, -0.15) is 0 Å². The standard InChI is InChI=1S/C7H10O3/c1-4-5(2)10-7(9)6(3)8/h1,5-6,8H,2-3H3/t5?,6-/m1/s1. The summed E-state index contributed by atoms with van der Waals surface area (Å²) in [6.45, 7) is 2.88. The van der Waals surface area contributed by atoms with Crippen molar-refractivity contribution < 1.29 is 14.6 Å². The zero-order valence-corrected chi connectivity index (χ0v) is 6.00. The first-order valence-electron chi connectivity index (χ1n) is 2.92. The number of carbonyl (C=O) groups is 1. The van der Waals surface area contributed by atoms with E-state index < -0.39 is 18.2 Å². The van der Waals surface area contributed by atoms with E-state index >= 15 is 0 Å². The SMILES string of the molecule is C#CC(C)OC(=O)[C@@H](C)O. The van der Waals surface area contributed by atoms with Crippen LogP contribution in [-0.4, -0.2) is 23.3 Å². The maximum absolute atomic E-state index is 10.5. The molecule has 3 nitrogen and oxygen atoms in total. The second-order valence-corrected chi connectivity index (χ2v) is 1.92. The van der Waals surface area contributed by atoms with Gasteiger partial charge < -0.3 is 9.84 Å². The molecular formula is C7H10O3. The van der Waals surface area contributed by atoms with Gasteiger partial charge in [-0.1, -0.05) is 5.92 Å². The van der Waals surface area contributed by atoms with Gasteiger partial charge in [0.05, 0.1) is 0 Å².